The van der Waals surface area contributed by atoms with E-state index in [0.717, 1.165) is 0 Å². The summed E-state index contributed by atoms with van der Waals surface area (Å²) in [5.74, 6) is 0.185. The lowest BCUT2D eigenvalue weighted by atomic mass is 10.1. The molecule has 0 aromatic heterocycles. The predicted octanol–water partition coefficient (Wildman–Crippen LogP) is 2.52. The molecule has 0 radical (unpaired) electrons. The molecule has 1 heterocycles. The third kappa shape index (κ3) is 3.21. The van der Waals surface area contributed by atoms with Crippen molar-refractivity contribution in [3.63, 3.8) is 0 Å². The first kappa shape index (κ1) is 17.7. The molecular weight excluding hydrogens is 316 g/mol. The SMILES string of the molecule is CC[C@H]1Oc2cc(S(=O)(=O)N(C)C(C)(C)C)c(C)cc2NC1=O. The molecule has 1 N–H and O–H groups in total. The van der Waals surface area contributed by atoms with Crippen LogP contribution in [0.3, 0.4) is 0 Å². The number of fused-ring (bicyclic) bond motifs is 1. The fraction of sp³-hybridized carbons (Fsp3) is 0.562. The first-order valence-electron chi connectivity index (χ1n) is 7.59. The van der Waals surface area contributed by atoms with Gasteiger partial charge in [0.1, 0.15) is 5.75 Å². The maximum Gasteiger partial charge on any atom is 0.265 e. The number of carbonyl (C=O) groups is 1. The number of aryl methyl sites for hydroxylation is 1. The molecule has 7 heteroatoms. The summed E-state index contributed by atoms with van der Waals surface area (Å²) in [6, 6.07) is 3.15. The Hall–Kier alpha value is -1.60. The Morgan fingerprint density at radius 1 is 1.30 bits per heavy atom. The van der Waals surface area contributed by atoms with Crippen LogP contribution in [0.1, 0.15) is 39.7 Å². The van der Waals surface area contributed by atoms with Crippen molar-refractivity contribution in [3.8, 4) is 5.75 Å². The number of hydrogen-bond donors (Lipinski definition) is 1. The highest BCUT2D eigenvalue weighted by Crippen LogP contribution is 2.36. The van der Waals surface area contributed by atoms with Crippen LogP contribution in [0.2, 0.25) is 0 Å². The van der Waals surface area contributed by atoms with Crippen LogP contribution in [-0.2, 0) is 14.8 Å². The number of sulfonamides is 1. The fourth-order valence-electron chi connectivity index (χ4n) is 2.34. The van der Waals surface area contributed by atoms with Crippen molar-refractivity contribution in [1.29, 1.82) is 0 Å². The molecule has 1 aromatic rings. The minimum absolute atomic E-state index is 0.194. The van der Waals surface area contributed by atoms with Crippen LogP contribution >= 0.6 is 0 Å². The third-order valence-electron chi connectivity index (χ3n) is 4.05. The number of benzene rings is 1. The Morgan fingerprint density at radius 3 is 2.43 bits per heavy atom. The van der Waals surface area contributed by atoms with E-state index in [-0.39, 0.29) is 10.8 Å². The molecule has 0 fully saturated rings. The van der Waals surface area contributed by atoms with Gasteiger partial charge in [-0.25, -0.2) is 8.42 Å². The molecular formula is C16H24N2O4S. The standard InChI is InChI=1S/C16H24N2O4S/c1-7-12-15(19)17-11-8-10(2)14(9-13(11)22-12)23(20,21)18(6)16(3,4)5/h8-9,12H,7H2,1-6H3,(H,17,19)/t12-/m1/s1. The molecule has 0 bridgehead atoms. The number of anilines is 1. The Bertz CT molecular complexity index is 735. The summed E-state index contributed by atoms with van der Waals surface area (Å²) in [7, 11) is -2.10. The zero-order chi connectivity index (χ0) is 17.6. The first-order chi connectivity index (χ1) is 10.5. The molecule has 0 aliphatic carbocycles. The van der Waals surface area contributed by atoms with Gasteiger partial charge in [-0.05, 0) is 45.7 Å². The fourth-order valence-corrected chi connectivity index (χ4v) is 4.08. The Kier molecular flexibility index (Phi) is 4.47. The van der Waals surface area contributed by atoms with Gasteiger partial charge in [0, 0.05) is 18.7 Å². The van der Waals surface area contributed by atoms with Gasteiger partial charge in [0.2, 0.25) is 10.0 Å². The average Bonchev–Trinajstić information content (AvgIpc) is 2.44. The molecule has 6 nitrogen and oxygen atoms in total. The van der Waals surface area contributed by atoms with Crippen molar-refractivity contribution in [2.24, 2.45) is 0 Å². The minimum Gasteiger partial charge on any atom is -0.478 e. The summed E-state index contributed by atoms with van der Waals surface area (Å²) in [4.78, 5) is 12.1. The highest BCUT2D eigenvalue weighted by Gasteiger charge is 2.34. The number of hydrogen-bond acceptors (Lipinski definition) is 4. The van der Waals surface area contributed by atoms with E-state index in [2.05, 4.69) is 5.32 Å². The van der Waals surface area contributed by atoms with E-state index in [1.807, 2.05) is 27.7 Å². The number of ether oxygens (including phenoxy) is 1. The van der Waals surface area contributed by atoms with E-state index in [1.165, 1.54) is 10.4 Å². The Labute approximate surface area is 137 Å². The Balaban J connectivity index is 2.53. The van der Waals surface area contributed by atoms with Gasteiger partial charge >= 0.3 is 0 Å². The molecule has 1 amide bonds. The van der Waals surface area contributed by atoms with Crippen molar-refractivity contribution in [1.82, 2.24) is 4.31 Å². The van der Waals surface area contributed by atoms with Crippen LogP contribution in [0.4, 0.5) is 5.69 Å². The summed E-state index contributed by atoms with van der Waals surface area (Å²) in [6.07, 6.45) is -0.0792. The molecule has 1 aliphatic rings. The van der Waals surface area contributed by atoms with Crippen LogP contribution in [0, 0.1) is 6.92 Å². The van der Waals surface area contributed by atoms with Gasteiger partial charge < -0.3 is 10.1 Å². The van der Waals surface area contributed by atoms with E-state index in [9.17, 15) is 13.2 Å². The lowest BCUT2D eigenvalue weighted by Gasteiger charge is -2.32. The second kappa shape index (κ2) is 5.79. The van der Waals surface area contributed by atoms with Crippen molar-refractivity contribution < 1.29 is 17.9 Å². The maximum atomic E-state index is 12.9. The number of carbonyl (C=O) groups excluding carboxylic acids is 1. The molecule has 0 spiro atoms. The number of rotatable bonds is 3. The first-order valence-corrected chi connectivity index (χ1v) is 9.03. The third-order valence-corrected chi connectivity index (χ3v) is 6.32. The van der Waals surface area contributed by atoms with E-state index in [1.54, 1.807) is 20.0 Å². The molecule has 128 valence electrons. The zero-order valence-corrected chi connectivity index (χ0v) is 15.2. The summed E-state index contributed by atoms with van der Waals surface area (Å²) >= 11 is 0. The summed E-state index contributed by atoms with van der Waals surface area (Å²) in [6.45, 7) is 9.06. The molecule has 2 rings (SSSR count). The number of nitrogens with one attached hydrogen (secondary N) is 1. The van der Waals surface area contributed by atoms with E-state index >= 15 is 0 Å². The monoisotopic (exact) mass is 340 g/mol. The van der Waals surface area contributed by atoms with E-state index in [4.69, 9.17) is 4.74 Å². The summed E-state index contributed by atoms with van der Waals surface area (Å²) < 4.78 is 32.8. The molecule has 0 saturated heterocycles. The van der Waals surface area contributed by atoms with E-state index in [0.29, 0.717) is 23.4 Å². The largest absolute Gasteiger partial charge is 0.478 e. The van der Waals surface area contributed by atoms with Crippen LogP contribution in [0.15, 0.2) is 17.0 Å². The lowest BCUT2D eigenvalue weighted by Crippen LogP contribution is -2.42. The van der Waals surface area contributed by atoms with Crippen molar-refractivity contribution in [2.45, 2.75) is 57.6 Å². The molecule has 23 heavy (non-hydrogen) atoms. The summed E-state index contributed by atoms with van der Waals surface area (Å²) in [5.41, 5.74) is 0.538. The molecule has 1 aliphatic heterocycles. The van der Waals surface area contributed by atoms with Gasteiger partial charge in [0.15, 0.2) is 6.10 Å². The highest BCUT2D eigenvalue weighted by atomic mass is 32.2. The predicted molar refractivity (Wildman–Crippen MR) is 89.2 cm³/mol. The average molecular weight is 340 g/mol. The summed E-state index contributed by atoms with van der Waals surface area (Å²) in [5, 5.41) is 2.77. The van der Waals surface area contributed by atoms with Gasteiger partial charge in [0.05, 0.1) is 10.6 Å². The van der Waals surface area contributed by atoms with Crippen molar-refractivity contribution in [2.75, 3.05) is 12.4 Å². The van der Waals surface area contributed by atoms with Crippen molar-refractivity contribution >= 4 is 21.6 Å². The molecule has 1 aromatic carbocycles. The number of amides is 1. The van der Waals surface area contributed by atoms with Crippen LogP contribution < -0.4 is 10.1 Å². The normalized spacial score (nSPS) is 18.4. The maximum absolute atomic E-state index is 12.9. The quantitative estimate of drug-likeness (QED) is 0.917. The molecule has 0 unspecified atom stereocenters. The van der Waals surface area contributed by atoms with Gasteiger partial charge in [-0.15, -0.1) is 0 Å². The topological polar surface area (TPSA) is 75.7 Å². The van der Waals surface area contributed by atoms with Gasteiger partial charge in [-0.3, -0.25) is 4.79 Å². The van der Waals surface area contributed by atoms with E-state index < -0.39 is 21.7 Å². The Morgan fingerprint density at radius 2 is 1.91 bits per heavy atom. The van der Waals surface area contributed by atoms with Crippen molar-refractivity contribution in [3.05, 3.63) is 17.7 Å². The van der Waals surface area contributed by atoms with Gasteiger partial charge in [-0.1, -0.05) is 6.92 Å². The van der Waals surface area contributed by atoms with Crippen LogP contribution in [0.5, 0.6) is 5.75 Å². The smallest absolute Gasteiger partial charge is 0.265 e. The minimum atomic E-state index is -3.66. The zero-order valence-electron chi connectivity index (χ0n) is 14.4. The van der Waals surface area contributed by atoms with Gasteiger partial charge in [-0.2, -0.15) is 4.31 Å². The second-order valence-electron chi connectivity index (χ2n) is 6.76. The molecule has 0 saturated carbocycles. The number of nitrogens with zero attached hydrogens (tertiary/aromatic N) is 1. The highest BCUT2D eigenvalue weighted by molar-refractivity contribution is 7.89. The van der Waals surface area contributed by atoms with Crippen LogP contribution in [-0.4, -0.2) is 37.3 Å². The second-order valence-corrected chi connectivity index (χ2v) is 8.70. The van der Waals surface area contributed by atoms with Crippen LogP contribution in [0.25, 0.3) is 0 Å². The lowest BCUT2D eigenvalue weighted by molar-refractivity contribution is -0.123. The van der Waals surface area contributed by atoms with Gasteiger partial charge in [0.25, 0.3) is 5.91 Å². The molecule has 1 atom stereocenters.